The molecular weight excluding hydrogens is 388 g/mol. The van der Waals surface area contributed by atoms with E-state index in [4.69, 9.17) is 18.9 Å². The summed E-state index contributed by atoms with van der Waals surface area (Å²) in [4.78, 5) is 24.7. The number of methoxy groups -OCH3 is 3. The maximum atomic E-state index is 12.4. The molecule has 156 valence electrons. The molecule has 0 bridgehead atoms. The summed E-state index contributed by atoms with van der Waals surface area (Å²) in [6, 6.07) is 13.5. The van der Waals surface area contributed by atoms with E-state index in [1.807, 2.05) is 0 Å². The summed E-state index contributed by atoms with van der Waals surface area (Å²) in [7, 11) is 4.50. The molecule has 1 amide bonds. The number of carbonyl (C=O) groups is 2. The Morgan fingerprint density at radius 2 is 1.77 bits per heavy atom. The summed E-state index contributed by atoms with van der Waals surface area (Å²) in [6.07, 6.45) is 0.233. The number of hydrogen-bond donors (Lipinski definition) is 1. The topological polar surface area (TPSA) is 107 Å². The quantitative estimate of drug-likeness (QED) is 0.405. The van der Waals surface area contributed by atoms with Crippen LogP contribution in [0.2, 0.25) is 0 Å². The SMILES string of the molecule is COc1cccc(/C=C(\C#N)C(=O)O[C@@H](C)C(=O)Nc2ccc(OC)c(OC)c2)c1. The summed E-state index contributed by atoms with van der Waals surface area (Å²) < 4.78 is 20.6. The number of benzene rings is 2. The first-order valence-corrected chi connectivity index (χ1v) is 8.91. The molecule has 0 aromatic heterocycles. The molecule has 0 spiro atoms. The molecule has 30 heavy (non-hydrogen) atoms. The van der Waals surface area contributed by atoms with Crippen LogP contribution in [0.1, 0.15) is 12.5 Å². The number of carbonyl (C=O) groups excluding carboxylic acids is 2. The van der Waals surface area contributed by atoms with Crippen LogP contribution in [-0.2, 0) is 14.3 Å². The van der Waals surface area contributed by atoms with Crippen molar-refractivity contribution in [2.75, 3.05) is 26.6 Å². The minimum atomic E-state index is -1.13. The molecule has 8 nitrogen and oxygen atoms in total. The van der Waals surface area contributed by atoms with Gasteiger partial charge in [-0.3, -0.25) is 4.79 Å². The lowest BCUT2D eigenvalue weighted by Gasteiger charge is -2.14. The third kappa shape index (κ3) is 5.75. The molecule has 0 saturated carbocycles. The van der Waals surface area contributed by atoms with Gasteiger partial charge >= 0.3 is 5.97 Å². The minimum absolute atomic E-state index is 0.242. The fourth-order valence-electron chi connectivity index (χ4n) is 2.47. The number of nitrogens with one attached hydrogen (secondary N) is 1. The van der Waals surface area contributed by atoms with Gasteiger partial charge in [0.05, 0.1) is 21.3 Å². The maximum Gasteiger partial charge on any atom is 0.349 e. The van der Waals surface area contributed by atoms with Crippen molar-refractivity contribution in [3.63, 3.8) is 0 Å². The number of hydrogen-bond acceptors (Lipinski definition) is 7. The molecule has 2 aromatic carbocycles. The van der Waals surface area contributed by atoms with Crippen molar-refractivity contribution >= 4 is 23.6 Å². The number of nitrogens with zero attached hydrogens (tertiary/aromatic N) is 1. The number of nitriles is 1. The second kappa shape index (κ2) is 10.5. The molecule has 8 heteroatoms. The van der Waals surface area contributed by atoms with Gasteiger partial charge in [0, 0.05) is 11.8 Å². The Labute approximate surface area is 174 Å². The van der Waals surface area contributed by atoms with Crippen molar-refractivity contribution < 1.29 is 28.5 Å². The molecular formula is C22H22N2O6. The smallest absolute Gasteiger partial charge is 0.349 e. The number of anilines is 1. The molecule has 0 fully saturated rings. The highest BCUT2D eigenvalue weighted by Gasteiger charge is 2.21. The van der Waals surface area contributed by atoms with Crippen molar-refractivity contribution in [3.8, 4) is 23.3 Å². The summed E-state index contributed by atoms with van der Waals surface area (Å²) in [6.45, 7) is 1.41. The number of amides is 1. The highest BCUT2D eigenvalue weighted by Crippen LogP contribution is 2.29. The van der Waals surface area contributed by atoms with Crippen molar-refractivity contribution in [2.45, 2.75) is 13.0 Å². The molecule has 0 saturated heterocycles. The van der Waals surface area contributed by atoms with Crippen LogP contribution in [-0.4, -0.2) is 39.3 Å². The van der Waals surface area contributed by atoms with Crippen LogP contribution in [0.5, 0.6) is 17.2 Å². The third-order valence-corrected chi connectivity index (χ3v) is 4.05. The Balaban J connectivity index is 2.07. The Hall–Kier alpha value is -3.99. The normalized spacial score (nSPS) is 11.6. The standard InChI is InChI=1S/C22H22N2O6/c1-14(21(25)24-17-8-9-19(28-3)20(12-17)29-4)30-22(26)16(13-23)10-15-6-5-7-18(11-15)27-2/h5-12,14H,1-4H3,(H,24,25)/b16-10+/t14-/m0/s1. The lowest BCUT2D eigenvalue weighted by molar-refractivity contribution is -0.148. The summed E-state index contributed by atoms with van der Waals surface area (Å²) >= 11 is 0. The lowest BCUT2D eigenvalue weighted by Crippen LogP contribution is -2.30. The average molecular weight is 410 g/mol. The third-order valence-electron chi connectivity index (χ3n) is 4.05. The Morgan fingerprint density at radius 3 is 2.40 bits per heavy atom. The van der Waals surface area contributed by atoms with Gasteiger partial charge in [0.25, 0.3) is 5.91 Å². The monoisotopic (exact) mass is 410 g/mol. The van der Waals surface area contributed by atoms with E-state index in [1.165, 1.54) is 34.3 Å². The summed E-state index contributed by atoms with van der Waals surface area (Å²) in [5, 5.41) is 11.9. The first-order valence-electron chi connectivity index (χ1n) is 8.91. The highest BCUT2D eigenvalue weighted by atomic mass is 16.5. The van der Waals surface area contributed by atoms with Crippen LogP contribution in [0, 0.1) is 11.3 Å². The van der Waals surface area contributed by atoms with Crippen molar-refractivity contribution in [3.05, 3.63) is 53.6 Å². The van der Waals surface area contributed by atoms with Gasteiger partial charge in [0.2, 0.25) is 0 Å². The van der Waals surface area contributed by atoms with Gasteiger partial charge in [-0.25, -0.2) is 4.79 Å². The summed E-state index contributed by atoms with van der Waals surface area (Å²) in [5.41, 5.74) is 0.785. The molecule has 0 unspecified atom stereocenters. The zero-order chi connectivity index (χ0) is 22.1. The van der Waals surface area contributed by atoms with Crippen LogP contribution in [0.4, 0.5) is 5.69 Å². The molecule has 2 rings (SSSR count). The van der Waals surface area contributed by atoms with Gasteiger partial charge < -0.3 is 24.3 Å². The molecule has 1 N–H and O–H groups in total. The molecule has 0 heterocycles. The van der Waals surface area contributed by atoms with Gasteiger partial charge in [-0.15, -0.1) is 0 Å². The average Bonchev–Trinajstić information content (AvgIpc) is 2.77. The van der Waals surface area contributed by atoms with Crippen LogP contribution in [0.25, 0.3) is 6.08 Å². The Bertz CT molecular complexity index is 993. The molecule has 0 aliphatic rings. The van der Waals surface area contributed by atoms with Crippen molar-refractivity contribution in [2.24, 2.45) is 0 Å². The second-order valence-corrected chi connectivity index (χ2v) is 6.05. The molecule has 0 radical (unpaired) electrons. The fourth-order valence-corrected chi connectivity index (χ4v) is 2.47. The van der Waals surface area contributed by atoms with Crippen molar-refractivity contribution in [1.82, 2.24) is 0 Å². The van der Waals surface area contributed by atoms with E-state index in [2.05, 4.69) is 5.32 Å². The van der Waals surface area contributed by atoms with E-state index >= 15 is 0 Å². The van der Waals surface area contributed by atoms with Crippen molar-refractivity contribution in [1.29, 1.82) is 5.26 Å². The lowest BCUT2D eigenvalue weighted by atomic mass is 10.1. The van der Waals surface area contributed by atoms with Gasteiger partial charge in [-0.2, -0.15) is 5.26 Å². The van der Waals surface area contributed by atoms with E-state index < -0.39 is 18.0 Å². The van der Waals surface area contributed by atoms with Gasteiger partial charge in [0.15, 0.2) is 17.6 Å². The second-order valence-electron chi connectivity index (χ2n) is 6.05. The highest BCUT2D eigenvalue weighted by molar-refractivity contribution is 6.01. The van der Waals surface area contributed by atoms with E-state index in [0.717, 1.165) is 0 Å². The van der Waals surface area contributed by atoms with E-state index in [-0.39, 0.29) is 5.57 Å². The first-order chi connectivity index (χ1) is 14.4. The van der Waals surface area contributed by atoms with E-state index in [0.29, 0.717) is 28.5 Å². The van der Waals surface area contributed by atoms with E-state index in [1.54, 1.807) is 48.5 Å². The molecule has 1 atom stereocenters. The zero-order valence-electron chi connectivity index (χ0n) is 17.1. The Morgan fingerprint density at radius 1 is 1.03 bits per heavy atom. The van der Waals surface area contributed by atoms with Gasteiger partial charge in [0.1, 0.15) is 17.4 Å². The molecule has 0 aliphatic carbocycles. The predicted octanol–water partition coefficient (Wildman–Crippen LogP) is 3.19. The zero-order valence-corrected chi connectivity index (χ0v) is 17.1. The van der Waals surface area contributed by atoms with Gasteiger partial charge in [-0.1, -0.05) is 12.1 Å². The van der Waals surface area contributed by atoms with Gasteiger partial charge in [-0.05, 0) is 42.8 Å². The molecule has 0 aliphatic heterocycles. The summed E-state index contributed by atoms with van der Waals surface area (Å²) in [5.74, 6) is 0.0610. The largest absolute Gasteiger partial charge is 0.497 e. The minimum Gasteiger partial charge on any atom is -0.497 e. The van der Waals surface area contributed by atoms with Crippen LogP contribution >= 0.6 is 0 Å². The molecule has 2 aromatic rings. The van der Waals surface area contributed by atoms with Crippen LogP contribution < -0.4 is 19.5 Å². The Kier molecular flexibility index (Phi) is 7.82. The van der Waals surface area contributed by atoms with Crippen LogP contribution in [0.3, 0.4) is 0 Å². The fraction of sp³-hybridized carbons (Fsp3) is 0.227. The van der Waals surface area contributed by atoms with Crippen LogP contribution in [0.15, 0.2) is 48.0 Å². The number of esters is 1. The maximum absolute atomic E-state index is 12.4. The number of ether oxygens (including phenoxy) is 4. The van der Waals surface area contributed by atoms with E-state index in [9.17, 15) is 14.9 Å². The number of rotatable bonds is 8. The predicted molar refractivity (Wildman–Crippen MR) is 110 cm³/mol. The first kappa shape index (κ1) is 22.3.